The van der Waals surface area contributed by atoms with Crippen molar-refractivity contribution in [2.75, 3.05) is 38.2 Å². The molecule has 5 heteroatoms. The predicted molar refractivity (Wildman–Crippen MR) is 109 cm³/mol. The lowest BCUT2D eigenvalue weighted by Gasteiger charge is -2.38. The number of H-pyrrole nitrogens is 1. The molecule has 3 aromatic rings. The number of nitrogens with zero attached hydrogens (tertiary/aromatic N) is 2. The molecule has 0 spiro atoms. The lowest BCUT2D eigenvalue weighted by atomic mass is 10.0. The van der Waals surface area contributed by atoms with Crippen molar-refractivity contribution in [1.29, 1.82) is 0 Å². The summed E-state index contributed by atoms with van der Waals surface area (Å²) in [6.45, 7) is 5.49. The number of Topliss-reactive ketones (excluding diaryl/α,β-unsaturated/α-hetero) is 1. The van der Waals surface area contributed by atoms with E-state index >= 15 is 0 Å². The minimum atomic E-state index is -0.135. The number of carbonyl (C=O) groups is 1. The normalized spacial score (nSPS) is 16.4. The second-order valence-corrected chi connectivity index (χ2v) is 6.98. The number of benzene rings is 2. The number of hydrogen-bond acceptors (Lipinski definition) is 4. The van der Waals surface area contributed by atoms with E-state index in [0.29, 0.717) is 0 Å². The lowest BCUT2D eigenvalue weighted by Crippen LogP contribution is -2.51. The standard InChI is InChI=1S/C22H25N3O2/c1-16(22(26)18-15-23-19-8-4-3-7-17(18)19)24-11-13-25(14-12-24)20-9-5-6-10-21(20)27-2/h3-10,15-16,23H,11-14H2,1-2H3/t16-/m1/s1. The van der Waals surface area contributed by atoms with Gasteiger partial charge in [0.05, 0.1) is 18.8 Å². The van der Waals surface area contributed by atoms with Crippen molar-refractivity contribution < 1.29 is 9.53 Å². The molecule has 1 fully saturated rings. The maximum absolute atomic E-state index is 13.1. The molecule has 0 amide bonds. The highest BCUT2D eigenvalue weighted by Crippen LogP contribution is 2.29. The number of piperazine rings is 1. The van der Waals surface area contributed by atoms with Crippen LogP contribution in [0.1, 0.15) is 17.3 Å². The summed E-state index contributed by atoms with van der Waals surface area (Å²) < 4.78 is 5.49. The zero-order chi connectivity index (χ0) is 18.8. The minimum Gasteiger partial charge on any atom is -0.495 e. The van der Waals surface area contributed by atoms with Gasteiger partial charge in [0.15, 0.2) is 5.78 Å². The Morgan fingerprint density at radius 1 is 1.04 bits per heavy atom. The maximum Gasteiger partial charge on any atom is 0.181 e. The molecule has 1 atom stereocenters. The molecule has 5 nitrogen and oxygen atoms in total. The molecule has 0 radical (unpaired) electrons. The van der Waals surface area contributed by atoms with Crippen LogP contribution < -0.4 is 9.64 Å². The SMILES string of the molecule is COc1ccccc1N1CCN([C@H](C)C(=O)c2c[nH]c3ccccc23)CC1. The molecule has 0 bridgehead atoms. The third kappa shape index (κ3) is 3.30. The Hall–Kier alpha value is -2.79. The van der Waals surface area contributed by atoms with Gasteiger partial charge in [-0.15, -0.1) is 0 Å². The Kier molecular flexibility index (Phi) is 4.86. The quantitative estimate of drug-likeness (QED) is 0.704. The fraction of sp³-hybridized carbons (Fsp3) is 0.318. The van der Waals surface area contributed by atoms with Gasteiger partial charge in [0, 0.05) is 48.8 Å². The summed E-state index contributed by atoms with van der Waals surface area (Å²) in [4.78, 5) is 20.9. The second-order valence-electron chi connectivity index (χ2n) is 6.98. The van der Waals surface area contributed by atoms with Crippen molar-refractivity contribution in [3.63, 3.8) is 0 Å². The molecular weight excluding hydrogens is 338 g/mol. The highest BCUT2D eigenvalue weighted by molar-refractivity contribution is 6.10. The van der Waals surface area contributed by atoms with Gasteiger partial charge in [-0.2, -0.15) is 0 Å². The van der Waals surface area contributed by atoms with Crippen LogP contribution in [0.25, 0.3) is 10.9 Å². The van der Waals surface area contributed by atoms with Crippen molar-refractivity contribution in [1.82, 2.24) is 9.88 Å². The number of ether oxygens (including phenoxy) is 1. The number of nitrogens with one attached hydrogen (secondary N) is 1. The average molecular weight is 363 g/mol. The molecule has 1 saturated heterocycles. The molecular formula is C22H25N3O2. The van der Waals surface area contributed by atoms with E-state index in [2.05, 4.69) is 20.9 Å². The summed E-state index contributed by atoms with van der Waals surface area (Å²) >= 11 is 0. The van der Waals surface area contributed by atoms with Gasteiger partial charge >= 0.3 is 0 Å². The summed E-state index contributed by atoms with van der Waals surface area (Å²) in [6, 6.07) is 15.9. The van der Waals surface area contributed by atoms with Gasteiger partial charge in [-0.1, -0.05) is 30.3 Å². The van der Waals surface area contributed by atoms with Gasteiger partial charge < -0.3 is 14.6 Å². The molecule has 1 N–H and O–H groups in total. The Bertz CT molecular complexity index is 941. The van der Waals surface area contributed by atoms with Crippen LogP contribution in [-0.4, -0.2) is 55.0 Å². The molecule has 0 aliphatic carbocycles. The minimum absolute atomic E-state index is 0.135. The van der Waals surface area contributed by atoms with E-state index in [4.69, 9.17) is 4.74 Å². The number of methoxy groups -OCH3 is 1. The molecule has 0 saturated carbocycles. The number of carbonyl (C=O) groups excluding carboxylic acids is 1. The van der Waals surface area contributed by atoms with Gasteiger partial charge in [0.2, 0.25) is 0 Å². The van der Waals surface area contributed by atoms with Gasteiger partial charge in [-0.25, -0.2) is 0 Å². The fourth-order valence-corrected chi connectivity index (χ4v) is 3.91. The van der Waals surface area contributed by atoms with Crippen LogP contribution in [0.15, 0.2) is 54.7 Å². The third-order valence-corrected chi connectivity index (χ3v) is 5.52. The number of aromatic nitrogens is 1. The second kappa shape index (κ2) is 7.45. The van der Waals surface area contributed by atoms with Crippen LogP contribution in [0.5, 0.6) is 5.75 Å². The highest BCUT2D eigenvalue weighted by atomic mass is 16.5. The van der Waals surface area contributed by atoms with Crippen molar-refractivity contribution in [3.8, 4) is 5.75 Å². The Balaban J connectivity index is 1.45. The fourth-order valence-electron chi connectivity index (χ4n) is 3.91. The third-order valence-electron chi connectivity index (χ3n) is 5.52. The van der Waals surface area contributed by atoms with Gasteiger partial charge in [-0.3, -0.25) is 9.69 Å². The van der Waals surface area contributed by atoms with E-state index in [0.717, 1.165) is 54.1 Å². The summed E-state index contributed by atoms with van der Waals surface area (Å²) in [5.41, 5.74) is 2.91. The van der Waals surface area contributed by atoms with Crippen LogP contribution in [0.3, 0.4) is 0 Å². The number of aromatic amines is 1. The predicted octanol–water partition coefficient (Wildman–Crippen LogP) is 3.57. The van der Waals surface area contributed by atoms with Crippen LogP contribution in [0, 0.1) is 0 Å². The van der Waals surface area contributed by atoms with Gasteiger partial charge in [0.1, 0.15) is 5.75 Å². The number of hydrogen-bond donors (Lipinski definition) is 1. The molecule has 1 aliphatic heterocycles. The number of para-hydroxylation sites is 3. The maximum atomic E-state index is 13.1. The largest absolute Gasteiger partial charge is 0.495 e. The van der Waals surface area contributed by atoms with Gasteiger partial charge in [0.25, 0.3) is 0 Å². The molecule has 140 valence electrons. The molecule has 0 unspecified atom stereocenters. The Morgan fingerprint density at radius 3 is 2.52 bits per heavy atom. The zero-order valence-electron chi connectivity index (χ0n) is 15.8. The van der Waals surface area contributed by atoms with E-state index in [1.807, 2.05) is 55.6 Å². The first-order chi connectivity index (χ1) is 13.2. The first kappa shape index (κ1) is 17.6. The summed E-state index contributed by atoms with van der Waals surface area (Å²) in [5, 5.41) is 1.00. The average Bonchev–Trinajstić information content (AvgIpc) is 3.17. The first-order valence-corrected chi connectivity index (χ1v) is 9.41. The monoisotopic (exact) mass is 363 g/mol. The molecule has 4 rings (SSSR count). The first-order valence-electron chi connectivity index (χ1n) is 9.41. The van der Waals surface area contributed by atoms with Crippen LogP contribution in [-0.2, 0) is 0 Å². The Labute approximate surface area is 159 Å². The summed E-state index contributed by atoms with van der Waals surface area (Å²) in [7, 11) is 1.71. The van der Waals surface area contributed by atoms with E-state index < -0.39 is 0 Å². The van der Waals surface area contributed by atoms with Crippen molar-refractivity contribution in [2.24, 2.45) is 0 Å². The smallest absolute Gasteiger partial charge is 0.181 e. The van der Waals surface area contributed by atoms with E-state index in [-0.39, 0.29) is 11.8 Å². The van der Waals surface area contributed by atoms with Crippen LogP contribution in [0.4, 0.5) is 5.69 Å². The topological polar surface area (TPSA) is 48.6 Å². The van der Waals surface area contributed by atoms with Crippen molar-refractivity contribution in [2.45, 2.75) is 13.0 Å². The number of anilines is 1. The molecule has 1 aromatic heterocycles. The number of ketones is 1. The summed E-state index contributed by atoms with van der Waals surface area (Å²) in [6.07, 6.45) is 1.84. The summed E-state index contributed by atoms with van der Waals surface area (Å²) in [5.74, 6) is 1.08. The molecule has 27 heavy (non-hydrogen) atoms. The number of rotatable bonds is 5. The molecule has 2 heterocycles. The van der Waals surface area contributed by atoms with Gasteiger partial charge in [-0.05, 0) is 25.1 Å². The lowest BCUT2D eigenvalue weighted by molar-refractivity contribution is 0.0831. The van der Waals surface area contributed by atoms with E-state index in [1.54, 1.807) is 7.11 Å². The van der Waals surface area contributed by atoms with Crippen molar-refractivity contribution in [3.05, 3.63) is 60.3 Å². The molecule has 2 aromatic carbocycles. The van der Waals surface area contributed by atoms with Crippen LogP contribution >= 0.6 is 0 Å². The molecule has 1 aliphatic rings. The highest BCUT2D eigenvalue weighted by Gasteiger charge is 2.28. The van der Waals surface area contributed by atoms with Crippen molar-refractivity contribution >= 4 is 22.4 Å². The number of fused-ring (bicyclic) bond motifs is 1. The van der Waals surface area contributed by atoms with Crippen LogP contribution in [0.2, 0.25) is 0 Å². The van der Waals surface area contributed by atoms with E-state index in [9.17, 15) is 4.79 Å². The Morgan fingerprint density at radius 2 is 1.74 bits per heavy atom. The zero-order valence-corrected chi connectivity index (χ0v) is 15.8. The van der Waals surface area contributed by atoms with E-state index in [1.165, 1.54) is 0 Å².